The standard InChI is InChI=1S/C28H36Cl2N6O/c1-20-14-21(2)16-24(15-20)28(37)33(3)18-23(22-4-5-25(29)26(30)17-22)6-8-34-10-12-35(13-11-34)36-9-7-32-27(31)19-36/h4-5,7,14-17,19,23H,6,8-13,18,31H2,1-3H3/t23-/m1/s1. The average molecular weight is 544 g/mol. The number of nitrogens with zero attached hydrogens (tertiary/aromatic N) is 5. The molecule has 2 aliphatic heterocycles. The first-order valence-electron chi connectivity index (χ1n) is 12.7. The second-order valence-corrected chi connectivity index (χ2v) is 10.8. The van der Waals surface area contributed by atoms with Crippen LogP contribution in [0.5, 0.6) is 0 Å². The van der Waals surface area contributed by atoms with Gasteiger partial charge >= 0.3 is 0 Å². The Balaban J connectivity index is 1.40. The lowest BCUT2D eigenvalue weighted by atomic mass is 9.94. The summed E-state index contributed by atoms with van der Waals surface area (Å²) in [4.78, 5) is 21.7. The first kappa shape index (κ1) is 27.5. The Morgan fingerprint density at radius 2 is 1.76 bits per heavy atom. The van der Waals surface area contributed by atoms with Gasteiger partial charge in [-0.3, -0.25) is 4.79 Å². The molecular weight excluding hydrogens is 507 g/mol. The SMILES string of the molecule is Cc1cc(C)cc(C(=O)N(C)C[C@@H](CCN2CCN(N3C=C(N)N=CC3)CC2)c2ccc(Cl)c(Cl)c2)c1. The van der Waals surface area contributed by atoms with Crippen LogP contribution < -0.4 is 5.73 Å². The minimum absolute atomic E-state index is 0.0304. The number of aryl methyl sites for hydroxylation is 2. The lowest BCUT2D eigenvalue weighted by Gasteiger charge is -2.41. The zero-order valence-electron chi connectivity index (χ0n) is 21.8. The predicted octanol–water partition coefficient (Wildman–Crippen LogP) is 4.53. The van der Waals surface area contributed by atoms with Crippen molar-refractivity contribution in [3.63, 3.8) is 0 Å². The van der Waals surface area contributed by atoms with E-state index in [1.165, 1.54) is 0 Å². The Morgan fingerprint density at radius 3 is 2.41 bits per heavy atom. The topological polar surface area (TPSA) is 68.4 Å². The van der Waals surface area contributed by atoms with Gasteiger partial charge in [0.25, 0.3) is 5.91 Å². The van der Waals surface area contributed by atoms with Gasteiger partial charge in [-0.25, -0.2) is 10.0 Å². The van der Waals surface area contributed by atoms with E-state index < -0.39 is 0 Å². The van der Waals surface area contributed by atoms with E-state index in [1.54, 1.807) is 0 Å². The third-order valence-electron chi connectivity index (χ3n) is 7.02. The monoisotopic (exact) mass is 542 g/mol. The summed E-state index contributed by atoms with van der Waals surface area (Å²) in [5.74, 6) is 0.703. The molecule has 2 aromatic carbocycles. The Kier molecular flexibility index (Phi) is 9.13. The maximum Gasteiger partial charge on any atom is 0.253 e. The van der Waals surface area contributed by atoms with Crippen molar-refractivity contribution < 1.29 is 4.79 Å². The minimum Gasteiger partial charge on any atom is -0.382 e. The smallest absolute Gasteiger partial charge is 0.253 e. The fraction of sp³-hybridized carbons (Fsp3) is 0.429. The van der Waals surface area contributed by atoms with Crippen molar-refractivity contribution in [3.05, 3.63) is 80.7 Å². The number of benzene rings is 2. The van der Waals surface area contributed by atoms with Crippen LogP contribution in [-0.2, 0) is 0 Å². The highest BCUT2D eigenvalue weighted by Crippen LogP contribution is 2.29. The second kappa shape index (κ2) is 12.3. The van der Waals surface area contributed by atoms with Gasteiger partial charge in [-0.15, -0.1) is 0 Å². The number of piperazine rings is 1. The molecule has 37 heavy (non-hydrogen) atoms. The van der Waals surface area contributed by atoms with E-state index in [1.807, 2.05) is 68.5 Å². The van der Waals surface area contributed by atoms with Gasteiger partial charge in [-0.05, 0) is 56.6 Å². The van der Waals surface area contributed by atoms with E-state index in [4.69, 9.17) is 28.9 Å². The highest BCUT2D eigenvalue weighted by atomic mass is 35.5. The number of nitrogens with two attached hydrogens (primary N) is 1. The van der Waals surface area contributed by atoms with Crippen LogP contribution in [0.1, 0.15) is 39.4 Å². The number of carbonyl (C=O) groups is 1. The third kappa shape index (κ3) is 7.26. The van der Waals surface area contributed by atoms with Crippen LogP contribution in [0.2, 0.25) is 10.0 Å². The number of hydrogen-bond acceptors (Lipinski definition) is 6. The van der Waals surface area contributed by atoms with Gasteiger partial charge in [-0.2, -0.15) is 0 Å². The molecule has 198 valence electrons. The summed E-state index contributed by atoms with van der Waals surface area (Å²) >= 11 is 12.6. The van der Waals surface area contributed by atoms with Gasteiger partial charge < -0.3 is 20.5 Å². The summed E-state index contributed by atoms with van der Waals surface area (Å²) in [6.45, 7) is 10.1. The van der Waals surface area contributed by atoms with Gasteiger partial charge in [0.2, 0.25) is 0 Å². The highest BCUT2D eigenvalue weighted by molar-refractivity contribution is 6.42. The molecule has 2 aromatic rings. The molecule has 0 unspecified atom stereocenters. The fourth-order valence-corrected chi connectivity index (χ4v) is 5.39. The molecule has 2 aliphatic rings. The van der Waals surface area contributed by atoms with Gasteiger partial charge in [0.05, 0.1) is 22.8 Å². The maximum absolute atomic E-state index is 13.3. The van der Waals surface area contributed by atoms with Gasteiger partial charge in [0.1, 0.15) is 5.82 Å². The van der Waals surface area contributed by atoms with E-state index >= 15 is 0 Å². The van der Waals surface area contributed by atoms with Gasteiger partial charge in [0, 0.05) is 57.5 Å². The van der Waals surface area contributed by atoms with Crippen molar-refractivity contribution in [3.8, 4) is 0 Å². The minimum atomic E-state index is 0.0304. The second-order valence-electron chi connectivity index (χ2n) is 10.0. The van der Waals surface area contributed by atoms with Gasteiger partial charge in [-0.1, -0.05) is 46.5 Å². The fourth-order valence-electron chi connectivity index (χ4n) is 5.08. The summed E-state index contributed by atoms with van der Waals surface area (Å²) in [6, 6.07) is 11.8. The van der Waals surface area contributed by atoms with Crippen LogP contribution in [0.25, 0.3) is 0 Å². The molecule has 1 saturated heterocycles. The van der Waals surface area contributed by atoms with Crippen molar-refractivity contribution in [1.29, 1.82) is 0 Å². The number of halogens is 2. The Morgan fingerprint density at radius 1 is 1.05 bits per heavy atom. The summed E-state index contributed by atoms with van der Waals surface area (Å²) in [5, 5.41) is 5.54. The van der Waals surface area contributed by atoms with E-state index in [2.05, 4.69) is 26.0 Å². The summed E-state index contributed by atoms with van der Waals surface area (Å²) < 4.78 is 0. The Labute approximate surface area is 230 Å². The quantitative estimate of drug-likeness (QED) is 0.530. The van der Waals surface area contributed by atoms with Crippen LogP contribution in [-0.4, -0.2) is 84.8 Å². The van der Waals surface area contributed by atoms with Crippen molar-refractivity contribution in [2.45, 2.75) is 26.2 Å². The zero-order valence-corrected chi connectivity index (χ0v) is 23.3. The van der Waals surface area contributed by atoms with E-state index in [0.717, 1.165) is 67.9 Å². The number of rotatable bonds is 8. The van der Waals surface area contributed by atoms with Gasteiger partial charge in [0.15, 0.2) is 0 Å². The summed E-state index contributed by atoms with van der Waals surface area (Å²) in [5.41, 5.74) is 9.87. The molecule has 0 aromatic heterocycles. The molecular formula is C28H36Cl2N6O. The van der Waals surface area contributed by atoms with Crippen molar-refractivity contribution in [1.82, 2.24) is 19.8 Å². The molecule has 0 radical (unpaired) electrons. The number of hydrogen-bond donors (Lipinski definition) is 1. The summed E-state index contributed by atoms with van der Waals surface area (Å²) in [6.07, 6.45) is 4.66. The number of likely N-dealkylation sites (N-methyl/N-ethyl adjacent to an activating group) is 1. The molecule has 1 atom stereocenters. The number of aliphatic imine (C=N–C) groups is 1. The van der Waals surface area contributed by atoms with Crippen molar-refractivity contribution in [2.24, 2.45) is 10.7 Å². The lowest BCUT2D eigenvalue weighted by molar-refractivity contribution is -0.0120. The summed E-state index contributed by atoms with van der Waals surface area (Å²) in [7, 11) is 1.88. The molecule has 9 heteroatoms. The van der Waals surface area contributed by atoms with Crippen LogP contribution in [0.15, 0.2) is 53.4 Å². The molecule has 1 amide bonds. The molecule has 4 rings (SSSR count). The molecule has 0 saturated carbocycles. The number of amides is 1. The van der Waals surface area contributed by atoms with Crippen LogP contribution in [0, 0.1) is 13.8 Å². The highest BCUT2D eigenvalue weighted by Gasteiger charge is 2.24. The van der Waals surface area contributed by atoms with Crippen LogP contribution in [0.4, 0.5) is 0 Å². The lowest BCUT2D eigenvalue weighted by Crippen LogP contribution is -2.53. The maximum atomic E-state index is 13.3. The molecule has 1 fully saturated rings. The Bertz CT molecular complexity index is 1160. The molecule has 7 nitrogen and oxygen atoms in total. The molecule has 2 heterocycles. The average Bonchev–Trinajstić information content (AvgIpc) is 2.87. The number of hydrazine groups is 1. The predicted molar refractivity (Wildman–Crippen MR) is 152 cm³/mol. The van der Waals surface area contributed by atoms with E-state index in [0.29, 0.717) is 22.4 Å². The molecule has 0 aliphatic carbocycles. The third-order valence-corrected chi connectivity index (χ3v) is 7.76. The molecule has 0 bridgehead atoms. The normalized spacial score (nSPS) is 17.5. The molecule has 2 N–H and O–H groups in total. The van der Waals surface area contributed by atoms with Crippen molar-refractivity contribution >= 4 is 35.3 Å². The van der Waals surface area contributed by atoms with Crippen LogP contribution in [0.3, 0.4) is 0 Å². The first-order chi connectivity index (χ1) is 17.7. The molecule has 0 spiro atoms. The van der Waals surface area contributed by atoms with E-state index in [9.17, 15) is 4.79 Å². The van der Waals surface area contributed by atoms with E-state index in [-0.39, 0.29) is 11.8 Å². The Hall–Kier alpha value is -2.58. The zero-order chi connectivity index (χ0) is 26.5. The van der Waals surface area contributed by atoms with Crippen molar-refractivity contribution in [2.75, 3.05) is 52.9 Å². The largest absolute Gasteiger partial charge is 0.382 e. The number of carbonyl (C=O) groups excluding carboxylic acids is 1. The first-order valence-corrected chi connectivity index (χ1v) is 13.5. The van der Waals surface area contributed by atoms with Crippen LogP contribution >= 0.6 is 23.2 Å².